The fourth-order valence-electron chi connectivity index (χ4n) is 2.06. The van der Waals surface area contributed by atoms with Gasteiger partial charge in [0.2, 0.25) is 0 Å². The molecule has 20 heavy (non-hydrogen) atoms. The van der Waals surface area contributed by atoms with E-state index in [9.17, 15) is 4.79 Å². The first-order valence-corrected chi connectivity index (χ1v) is 7.03. The molecule has 2 rings (SSSR count). The predicted octanol–water partition coefficient (Wildman–Crippen LogP) is 2.58. The summed E-state index contributed by atoms with van der Waals surface area (Å²) in [6.07, 6.45) is 0.157. The van der Waals surface area contributed by atoms with Crippen molar-refractivity contribution in [2.75, 3.05) is 6.61 Å². The number of hydrogen-bond acceptors (Lipinski definition) is 4. The SMILES string of the molecule is Cc1ccc(OC2CCOC2=O)c(CNC(C)(C)C)c1. The second-order valence-corrected chi connectivity index (χ2v) is 6.28. The van der Waals surface area contributed by atoms with Crippen LogP contribution in [0.15, 0.2) is 18.2 Å². The lowest BCUT2D eigenvalue weighted by Gasteiger charge is -2.22. The number of cyclic esters (lactones) is 1. The summed E-state index contributed by atoms with van der Waals surface area (Å²) in [6, 6.07) is 6.02. The van der Waals surface area contributed by atoms with Crippen LogP contribution in [0.25, 0.3) is 0 Å². The molecule has 0 aliphatic carbocycles. The Morgan fingerprint density at radius 1 is 1.40 bits per heavy atom. The zero-order chi connectivity index (χ0) is 14.8. The van der Waals surface area contributed by atoms with E-state index in [0.29, 0.717) is 19.6 Å². The second-order valence-electron chi connectivity index (χ2n) is 6.28. The molecule has 110 valence electrons. The van der Waals surface area contributed by atoms with E-state index in [1.807, 2.05) is 19.1 Å². The minimum absolute atomic E-state index is 0.0350. The molecule has 0 bridgehead atoms. The fourth-order valence-corrected chi connectivity index (χ4v) is 2.06. The van der Waals surface area contributed by atoms with Gasteiger partial charge in [-0.3, -0.25) is 0 Å². The standard InChI is InChI=1S/C16H23NO3/c1-11-5-6-13(20-14-7-8-19-15(14)18)12(9-11)10-17-16(2,3)4/h5-6,9,14,17H,7-8,10H2,1-4H3. The molecule has 1 unspecified atom stereocenters. The normalized spacial score (nSPS) is 19.0. The van der Waals surface area contributed by atoms with Gasteiger partial charge in [-0.25, -0.2) is 4.79 Å². The van der Waals surface area contributed by atoms with E-state index < -0.39 is 6.10 Å². The number of benzene rings is 1. The van der Waals surface area contributed by atoms with Gasteiger partial charge in [-0.15, -0.1) is 0 Å². The van der Waals surface area contributed by atoms with Crippen molar-refractivity contribution in [3.63, 3.8) is 0 Å². The summed E-state index contributed by atoms with van der Waals surface area (Å²) in [5.41, 5.74) is 2.28. The Balaban J connectivity index is 2.12. The van der Waals surface area contributed by atoms with E-state index >= 15 is 0 Å². The maximum atomic E-state index is 11.5. The van der Waals surface area contributed by atoms with Gasteiger partial charge in [0.15, 0.2) is 6.10 Å². The van der Waals surface area contributed by atoms with Crippen molar-refractivity contribution in [3.05, 3.63) is 29.3 Å². The van der Waals surface area contributed by atoms with Gasteiger partial charge < -0.3 is 14.8 Å². The van der Waals surface area contributed by atoms with Gasteiger partial charge in [0.25, 0.3) is 0 Å². The fraction of sp³-hybridized carbons (Fsp3) is 0.562. The molecule has 1 aliphatic rings. The third-order valence-corrected chi connectivity index (χ3v) is 3.18. The lowest BCUT2D eigenvalue weighted by molar-refractivity contribution is -0.143. The van der Waals surface area contributed by atoms with Crippen molar-refractivity contribution >= 4 is 5.97 Å². The van der Waals surface area contributed by atoms with Crippen LogP contribution in [-0.4, -0.2) is 24.2 Å². The summed E-state index contributed by atoms with van der Waals surface area (Å²) < 4.78 is 10.8. The average molecular weight is 277 g/mol. The van der Waals surface area contributed by atoms with Crippen molar-refractivity contribution in [2.45, 2.75) is 52.3 Å². The number of ether oxygens (including phenoxy) is 2. The highest BCUT2D eigenvalue weighted by molar-refractivity contribution is 5.76. The van der Waals surface area contributed by atoms with Gasteiger partial charge in [-0.2, -0.15) is 0 Å². The molecule has 1 fully saturated rings. The van der Waals surface area contributed by atoms with E-state index in [2.05, 4.69) is 32.2 Å². The molecule has 1 atom stereocenters. The van der Waals surface area contributed by atoms with E-state index in [0.717, 1.165) is 11.3 Å². The topological polar surface area (TPSA) is 47.6 Å². The van der Waals surface area contributed by atoms with Crippen LogP contribution < -0.4 is 10.1 Å². The van der Waals surface area contributed by atoms with Crippen LogP contribution in [-0.2, 0) is 16.1 Å². The second kappa shape index (κ2) is 5.83. The zero-order valence-electron chi connectivity index (χ0n) is 12.7. The van der Waals surface area contributed by atoms with Crippen LogP contribution in [0.2, 0.25) is 0 Å². The third-order valence-electron chi connectivity index (χ3n) is 3.18. The monoisotopic (exact) mass is 277 g/mol. The highest BCUT2D eigenvalue weighted by Crippen LogP contribution is 2.24. The molecule has 1 aliphatic heterocycles. The maximum absolute atomic E-state index is 11.5. The molecular formula is C16H23NO3. The Morgan fingerprint density at radius 3 is 2.75 bits per heavy atom. The highest BCUT2D eigenvalue weighted by atomic mass is 16.6. The van der Waals surface area contributed by atoms with Crippen molar-refractivity contribution < 1.29 is 14.3 Å². The smallest absolute Gasteiger partial charge is 0.347 e. The molecule has 0 amide bonds. The van der Waals surface area contributed by atoms with E-state index in [4.69, 9.17) is 9.47 Å². The maximum Gasteiger partial charge on any atom is 0.347 e. The van der Waals surface area contributed by atoms with Crippen LogP contribution in [0.1, 0.15) is 38.3 Å². The highest BCUT2D eigenvalue weighted by Gasteiger charge is 2.29. The Bertz CT molecular complexity index is 491. The first-order valence-electron chi connectivity index (χ1n) is 7.03. The summed E-state index contributed by atoms with van der Waals surface area (Å²) in [7, 11) is 0. The van der Waals surface area contributed by atoms with Crippen molar-refractivity contribution in [1.82, 2.24) is 5.32 Å². The number of carbonyl (C=O) groups is 1. The Morgan fingerprint density at radius 2 is 2.15 bits per heavy atom. The number of carbonyl (C=O) groups excluding carboxylic acids is 1. The lowest BCUT2D eigenvalue weighted by Crippen LogP contribution is -2.35. The molecule has 0 spiro atoms. The van der Waals surface area contributed by atoms with Gasteiger partial charge in [0.1, 0.15) is 5.75 Å². The molecule has 1 aromatic rings. The van der Waals surface area contributed by atoms with Crippen LogP contribution in [0.3, 0.4) is 0 Å². The van der Waals surface area contributed by atoms with E-state index in [1.54, 1.807) is 0 Å². The lowest BCUT2D eigenvalue weighted by atomic mass is 10.1. The first kappa shape index (κ1) is 14.9. The van der Waals surface area contributed by atoms with Crippen molar-refractivity contribution in [3.8, 4) is 5.75 Å². The number of esters is 1. The zero-order valence-corrected chi connectivity index (χ0v) is 12.7. The molecule has 1 heterocycles. The van der Waals surface area contributed by atoms with Crippen LogP contribution >= 0.6 is 0 Å². The van der Waals surface area contributed by atoms with Crippen LogP contribution in [0.4, 0.5) is 0 Å². The number of nitrogens with one attached hydrogen (secondary N) is 1. The molecule has 1 aromatic carbocycles. The Hall–Kier alpha value is -1.55. The molecular weight excluding hydrogens is 254 g/mol. The summed E-state index contributed by atoms with van der Waals surface area (Å²) in [5, 5.41) is 3.45. The minimum atomic E-state index is -0.467. The molecule has 4 heteroatoms. The van der Waals surface area contributed by atoms with Gasteiger partial charge in [0.05, 0.1) is 6.61 Å². The Labute approximate surface area is 120 Å². The number of aryl methyl sites for hydroxylation is 1. The van der Waals surface area contributed by atoms with Crippen LogP contribution in [0.5, 0.6) is 5.75 Å². The Kier molecular flexibility index (Phi) is 4.33. The molecule has 1 saturated heterocycles. The first-order chi connectivity index (χ1) is 9.35. The molecule has 1 N–H and O–H groups in total. The largest absolute Gasteiger partial charge is 0.478 e. The van der Waals surface area contributed by atoms with Gasteiger partial charge in [-0.1, -0.05) is 17.7 Å². The third kappa shape index (κ3) is 3.97. The van der Waals surface area contributed by atoms with Gasteiger partial charge in [-0.05, 0) is 33.8 Å². The van der Waals surface area contributed by atoms with Crippen molar-refractivity contribution in [2.24, 2.45) is 0 Å². The van der Waals surface area contributed by atoms with E-state index in [-0.39, 0.29) is 11.5 Å². The average Bonchev–Trinajstić information content (AvgIpc) is 2.74. The minimum Gasteiger partial charge on any atom is -0.478 e. The quantitative estimate of drug-likeness (QED) is 0.859. The number of hydrogen-bond donors (Lipinski definition) is 1. The number of rotatable bonds is 4. The predicted molar refractivity (Wildman–Crippen MR) is 77.8 cm³/mol. The van der Waals surface area contributed by atoms with E-state index in [1.165, 1.54) is 5.56 Å². The van der Waals surface area contributed by atoms with Crippen molar-refractivity contribution in [1.29, 1.82) is 0 Å². The van der Waals surface area contributed by atoms with Gasteiger partial charge >= 0.3 is 5.97 Å². The van der Waals surface area contributed by atoms with Gasteiger partial charge in [0, 0.05) is 24.1 Å². The summed E-state index contributed by atoms with van der Waals surface area (Å²) in [6.45, 7) is 9.58. The van der Waals surface area contributed by atoms with Crippen LogP contribution in [0, 0.1) is 6.92 Å². The summed E-state index contributed by atoms with van der Waals surface area (Å²) >= 11 is 0. The molecule has 0 aromatic heterocycles. The molecule has 4 nitrogen and oxygen atoms in total. The summed E-state index contributed by atoms with van der Waals surface area (Å²) in [4.78, 5) is 11.5. The molecule has 0 saturated carbocycles. The molecule has 0 radical (unpaired) electrons. The summed E-state index contributed by atoms with van der Waals surface area (Å²) in [5.74, 6) is 0.497.